The van der Waals surface area contributed by atoms with Crippen LogP contribution in [0.15, 0.2) is 30.6 Å². The zero-order valence-electron chi connectivity index (χ0n) is 25.5. The van der Waals surface area contributed by atoms with Gasteiger partial charge in [-0.3, -0.25) is 19.2 Å². The van der Waals surface area contributed by atoms with E-state index in [4.69, 9.17) is 6.42 Å². The van der Waals surface area contributed by atoms with Gasteiger partial charge < -0.3 is 24.8 Å². The van der Waals surface area contributed by atoms with Crippen molar-refractivity contribution in [1.82, 2.24) is 34.0 Å². The number of rotatable bonds is 7. The molecule has 0 radical (unpaired) electrons. The average Bonchev–Trinajstić information content (AvgIpc) is 3.60. The minimum Gasteiger partial charge on any atom is -0.378 e. The van der Waals surface area contributed by atoms with Crippen molar-refractivity contribution in [3.63, 3.8) is 0 Å². The number of nitrogens with zero attached hydrogens (tertiary/aromatic N) is 7. The molecule has 0 saturated carbocycles. The fraction of sp³-hybridized carbons (Fsp3) is 0.484. The van der Waals surface area contributed by atoms with E-state index in [-0.39, 0.29) is 35.5 Å². The molecule has 1 aromatic carbocycles. The predicted molar refractivity (Wildman–Crippen MR) is 161 cm³/mol. The maximum atomic E-state index is 13.7. The number of alkyl halides is 3. The number of imidazole rings is 1. The van der Waals surface area contributed by atoms with E-state index in [1.165, 1.54) is 24.0 Å². The van der Waals surface area contributed by atoms with Crippen molar-refractivity contribution in [2.24, 2.45) is 13.0 Å². The maximum absolute atomic E-state index is 13.7. The number of aliphatic hydroxyl groups is 1. The Hall–Kier alpha value is -4.19. The van der Waals surface area contributed by atoms with E-state index in [1.807, 2.05) is 0 Å². The first-order valence-corrected chi connectivity index (χ1v) is 14.8. The second kappa shape index (κ2) is 13.0. The third kappa shape index (κ3) is 6.90. The molecule has 11 nitrogen and oxygen atoms in total. The van der Waals surface area contributed by atoms with Gasteiger partial charge in [-0.2, -0.15) is 18.3 Å². The normalized spacial score (nSPS) is 17.7. The summed E-state index contributed by atoms with van der Waals surface area (Å²) in [6.45, 7) is 5.75. The highest BCUT2D eigenvalue weighted by atomic mass is 19.4. The molecule has 0 bridgehead atoms. The lowest BCUT2D eigenvalue weighted by molar-refractivity contribution is -0.141. The van der Waals surface area contributed by atoms with Crippen molar-refractivity contribution < 1.29 is 27.9 Å². The molecule has 5 rings (SSSR count). The highest BCUT2D eigenvalue weighted by Gasteiger charge is 2.39. The predicted octanol–water partition coefficient (Wildman–Crippen LogP) is 2.91. The van der Waals surface area contributed by atoms with Gasteiger partial charge in [0, 0.05) is 56.6 Å². The van der Waals surface area contributed by atoms with Gasteiger partial charge in [-0.05, 0) is 63.7 Å². The Kier molecular flexibility index (Phi) is 9.33. The maximum Gasteiger partial charge on any atom is 0.435 e. The SMILES string of the molecule is C#CCn1cc(-c2cnc(C(=O)Nc3ccc(C(=O)N4CCN(C(O)C5CCN(C)CC5)CC4)c(C)c3)n2C)c(C(F)(F)F)n1. The van der Waals surface area contributed by atoms with Crippen LogP contribution in [0.2, 0.25) is 0 Å². The van der Waals surface area contributed by atoms with Crippen LogP contribution in [-0.2, 0) is 19.8 Å². The van der Waals surface area contributed by atoms with Crippen molar-refractivity contribution in [2.75, 3.05) is 51.6 Å². The number of aliphatic hydroxyl groups excluding tert-OH is 1. The second-order valence-electron chi connectivity index (χ2n) is 11.7. The molecule has 240 valence electrons. The topological polar surface area (TPSA) is 112 Å². The molecule has 0 spiro atoms. The zero-order valence-corrected chi connectivity index (χ0v) is 25.5. The monoisotopic (exact) mass is 626 g/mol. The number of benzene rings is 1. The average molecular weight is 627 g/mol. The van der Waals surface area contributed by atoms with Crippen LogP contribution >= 0.6 is 0 Å². The van der Waals surface area contributed by atoms with Gasteiger partial charge in [-0.25, -0.2) is 4.98 Å². The molecule has 2 saturated heterocycles. The summed E-state index contributed by atoms with van der Waals surface area (Å²) in [5, 5.41) is 17.2. The number of likely N-dealkylation sites (tertiary alicyclic amines) is 1. The third-order valence-electron chi connectivity index (χ3n) is 8.63. The Morgan fingerprint density at radius 1 is 1.13 bits per heavy atom. The number of hydrogen-bond acceptors (Lipinski definition) is 7. The number of amides is 2. The molecule has 3 aromatic rings. The highest BCUT2D eigenvalue weighted by molar-refractivity contribution is 6.03. The minimum atomic E-state index is -4.74. The number of aromatic nitrogens is 4. The second-order valence-corrected chi connectivity index (χ2v) is 11.7. The summed E-state index contributed by atoms with van der Waals surface area (Å²) in [5.41, 5.74) is 0.235. The Morgan fingerprint density at radius 3 is 2.44 bits per heavy atom. The summed E-state index contributed by atoms with van der Waals surface area (Å²) >= 11 is 0. The summed E-state index contributed by atoms with van der Waals surface area (Å²) in [6, 6.07) is 4.92. The van der Waals surface area contributed by atoms with E-state index in [1.54, 1.807) is 30.0 Å². The Bertz CT molecular complexity index is 1590. The van der Waals surface area contributed by atoms with E-state index >= 15 is 0 Å². The van der Waals surface area contributed by atoms with Gasteiger partial charge in [-0.1, -0.05) is 5.92 Å². The van der Waals surface area contributed by atoms with Crippen LogP contribution in [-0.4, -0.2) is 103 Å². The number of hydrogen-bond donors (Lipinski definition) is 2. The van der Waals surface area contributed by atoms with Crippen molar-refractivity contribution in [3.8, 4) is 23.6 Å². The fourth-order valence-electron chi connectivity index (χ4n) is 6.02. The van der Waals surface area contributed by atoms with Crippen molar-refractivity contribution in [2.45, 2.75) is 38.7 Å². The summed E-state index contributed by atoms with van der Waals surface area (Å²) in [5.74, 6) is 1.62. The number of piperidine rings is 1. The van der Waals surface area contributed by atoms with Crippen molar-refractivity contribution >= 4 is 17.5 Å². The standard InChI is InChI=1S/C31H37F3N8O3/c1-5-10-42-19-24(26(37-42)31(32,33)34)25-18-35-27(39(25)4)28(43)36-22-6-7-23(20(2)17-22)30(45)41-15-13-40(14-16-41)29(44)21-8-11-38(3)12-9-21/h1,6-7,17-19,21,29,44H,8-16H2,2-4H3,(H,36,43). The number of piperazine rings is 1. The first-order chi connectivity index (χ1) is 21.4. The molecule has 45 heavy (non-hydrogen) atoms. The van der Waals surface area contributed by atoms with Crippen LogP contribution in [0.4, 0.5) is 18.9 Å². The van der Waals surface area contributed by atoms with E-state index < -0.39 is 24.0 Å². The van der Waals surface area contributed by atoms with Gasteiger partial charge in [-0.15, -0.1) is 6.42 Å². The van der Waals surface area contributed by atoms with E-state index in [0.29, 0.717) is 43.0 Å². The van der Waals surface area contributed by atoms with Crippen LogP contribution in [0.25, 0.3) is 11.3 Å². The summed E-state index contributed by atoms with van der Waals surface area (Å²) < 4.78 is 43.3. The summed E-state index contributed by atoms with van der Waals surface area (Å²) in [4.78, 5) is 36.6. The first-order valence-electron chi connectivity index (χ1n) is 14.8. The number of halogens is 3. The molecule has 14 heteroatoms. The smallest absolute Gasteiger partial charge is 0.378 e. The Labute approximate surface area is 259 Å². The fourth-order valence-corrected chi connectivity index (χ4v) is 6.02. The number of aryl methyl sites for hydroxylation is 1. The number of carbonyl (C=O) groups is 2. The largest absolute Gasteiger partial charge is 0.435 e. The van der Waals surface area contributed by atoms with Crippen LogP contribution in [0, 0.1) is 25.2 Å². The molecular weight excluding hydrogens is 589 g/mol. The van der Waals surface area contributed by atoms with Gasteiger partial charge in [0.1, 0.15) is 12.8 Å². The lowest BCUT2D eigenvalue weighted by Crippen LogP contribution is -2.54. The van der Waals surface area contributed by atoms with Gasteiger partial charge in [0.15, 0.2) is 11.5 Å². The van der Waals surface area contributed by atoms with E-state index in [0.717, 1.165) is 30.6 Å². The number of terminal acetylenes is 1. The molecule has 2 aliphatic heterocycles. The summed E-state index contributed by atoms with van der Waals surface area (Å²) in [6.07, 6.45) is 4.27. The van der Waals surface area contributed by atoms with Gasteiger partial charge in [0.2, 0.25) is 0 Å². The lowest BCUT2D eigenvalue weighted by Gasteiger charge is -2.41. The Morgan fingerprint density at radius 2 is 1.82 bits per heavy atom. The van der Waals surface area contributed by atoms with Gasteiger partial charge >= 0.3 is 6.18 Å². The zero-order chi connectivity index (χ0) is 32.5. The lowest BCUT2D eigenvalue weighted by atomic mass is 9.94. The molecule has 0 aliphatic carbocycles. The molecule has 4 heterocycles. The molecular formula is C31H37F3N8O3. The molecule has 2 aromatic heterocycles. The minimum absolute atomic E-state index is 0.0480. The number of nitrogens with one attached hydrogen (secondary N) is 1. The molecule has 1 unspecified atom stereocenters. The quantitative estimate of drug-likeness (QED) is 0.388. The van der Waals surface area contributed by atoms with Crippen LogP contribution in [0.3, 0.4) is 0 Å². The molecule has 2 fully saturated rings. The Balaban J connectivity index is 1.22. The van der Waals surface area contributed by atoms with Crippen LogP contribution < -0.4 is 5.32 Å². The highest BCUT2D eigenvalue weighted by Crippen LogP contribution is 2.36. The molecule has 2 amide bonds. The number of anilines is 1. The summed E-state index contributed by atoms with van der Waals surface area (Å²) in [7, 11) is 3.53. The number of carbonyl (C=O) groups excluding carboxylic acids is 2. The third-order valence-corrected chi connectivity index (χ3v) is 8.63. The van der Waals surface area contributed by atoms with Gasteiger partial charge in [0.25, 0.3) is 11.8 Å². The molecule has 1 atom stereocenters. The van der Waals surface area contributed by atoms with Crippen molar-refractivity contribution in [3.05, 3.63) is 53.2 Å². The van der Waals surface area contributed by atoms with Gasteiger partial charge in [0.05, 0.1) is 17.5 Å². The molecule has 2 aliphatic rings. The van der Waals surface area contributed by atoms with E-state index in [2.05, 4.69) is 38.2 Å². The van der Waals surface area contributed by atoms with E-state index in [9.17, 15) is 27.9 Å². The molecule has 2 N–H and O–H groups in total. The first kappa shape index (κ1) is 32.2. The van der Waals surface area contributed by atoms with Crippen molar-refractivity contribution in [1.29, 1.82) is 0 Å². The van der Waals surface area contributed by atoms with Crippen LogP contribution in [0.1, 0.15) is 45.1 Å². The van der Waals surface area contributed by atoms with Crippen LogP contribution in [0.5, 0.6) is 0 Å².